The van der Waals surface area contributed by atoms with Crippen LogP contribution in [0.1, 0.15) is 63.3 Å². The Morgan fingerprint density at radius 1 is 0.975 bits per heavy atom. The molecule has 0 aliphatic rings. The third-order valence-electron chi connectivity index (χ3n) is 6.38. The average molecular weight is 605 g/mol. The monoisotopic (exact) mass is 604 g/mol. The largest absolute Gasteiger partial charge is 0.466 e. The second-order valence-electron chi connectivity index (χ2n) is 10.7. The van der Waals surface area contributed by atoms with Crippen LogP contribution in [0.2, 0.25) is 5.02 Å². The van der Waals surface area contributed by atoms with Crippen molar-refractivity contribution in [2.75, 3.05) is 6.61 Å². The minimum atomic E-state index is -3.99. The third kappa shape index (κ3) is 8.47. The Kier molecular flexibility index (Phi) is 10.7. The van der Waals surface area contributed by atoms with Gasteiger partial charge >= 0.3 is 5.97 Å². The summed E-state index contributed by atoms with van der Waals surface area (Å²) in [6, 6.07) is 21.7. The number of sulfonamides is 1. The van der Waals surface area contributed by atoms with E-state index in [-0.39, 0.29) is 24.3 Å². The van der Waals surface area contributed by atoms with Crippen LogP contribution in [0.15, 0.2) is 83.8 Å². The van der Waals surface area contributed by atoms with Crippen LogP contribution in [0.3, 0.4) is 0 Å². The molecule has 0 aromatic heterocycles. The van der Waals surface area contributed by atoms with Crippen LogP contribution < -0.4 is 9.44 Å². The third-order valence-corrected chi connectivity index (χ3v) is 9.80. The molecule has 7 nitrogen and oxygen atoms in total. The number of rotatable bonds is 12. The summed E-state index contributed by atoms with van der Waals surface area (Å²) in [5.41, 5.74) is 0.979. The van der Waals surface area contributed by atoms with E-state index in [1.165, 1.54) is 0 Å². The van der Waals surface area contributed by atoms with E-state index in [4.69, 9.17) is 16.3 Å². The number of carbonyl (C=O) groups is 1. The van der Waals surface area contributed by atoms with Crippen molar-refractivity contribution in [3.8, 4) is 0 Å². The Hall–Kier alpha value is -2.56. The van der Waals surface area contributed by atoms with Crippen molar-refractivity contribution < 1.29 is 22.2 Å². The summed E-state index contributed by atoms with van der Waals surface area (Å²) in [5, 5.41) is 0.497. The SMILES string of the molecule is CCOC(=O)CC(C[C@H](NS(=O)(=O)c1ccc(C)cc1)c1ccc(Cl)cc1)(N[S@@](=O)C(C)(C)C)c1ccccc1. The Morgan fingerprint density at radius 3 is 2.12 bits per heavy atom. The maximum Gasteiger partial charge on any atom is 0.308 e. The first-order chi connectivity index (χ1) is 18.8. The molecule has 0 aliphatic heterocycles. The van der Waals surface area contributed by atoms with Gasteiger partial charge in [-0.15, -0.1) is 0 Å². The van der Waals surface area contributed by atoms with Crippen LogP contribution in [0.4, 0.5) is 0 Å². The number of nitrogens with one attached hydrogen (secondary N) is 2. The van der Waals surface area contributed by atoms with Crippen molar-refractivity contribution in [2.45, 2.75) is 68.7 Å². The fourth-order valence-corrected chi connectivity index (χ4v) is 6.50. The Balaban J connectivity index is 2.19. The van der Waals surface area contributed by atoms with Gasteiger partial charge in [0.15, 0.2) is 0 Å². The molecule has 0 amide bonds. The van der Waals surface area contributed by atoms with Crippen molar-refractivity contribution in [3.05, 3.63) is 101 Å². The molecule has 3 aromatic rings. The molecular weight excluding hydrogens is 568 g/mol. The molecule has 0 heterocycles. The first-order valence-corrected chi connectivity index (χ1v) is 16.0. The summed E-state index contributed by atoms with van der Waals surface area (Å²) >= 11 is 6.16. The summed E-state index contributed by atoms with van der Waals surface area (Å²) in [7, 11) is -5.61. The number of aryl methyl sites for hydroxylation is 1. The van der Waals surface area contributed by atoms with Crippen molar-refractivity contribution in [3.63, 3.8) is 0 Å². The molecule has 216 valence electrons. The van der Waals surface area contributed by atoms with Gasteiger partial charge in [0, 0.05) is 11.1 Å². The quantitative estimate of drug-likeness (QED) is 0.248. The van der Waals surface area contributed by atoms with Gasteiger partial charge in [-0.3, -0.25) is 4.79 Å². The molecule has 0 aliphatic carbocycles. The first kappa shape index (κ1) is 32.0. The number of ether oxygens (including phenoxy) is 1. The van der Waals surface area contributed by atoms with Crippen LogP contribution in [0, 0.1) is 6.92 Å². The Morgan fingerprint density at radius 2 is 1.57 bits per heavy atom. The molecule has 0 saturated carbocycles. The predicted octanol–water partition coefficient (Wildman–Crippen LogP) is 5.96. The van der Waals surface area contributed by atoms with Gasteiger partial charge in [-0.05, 0) is 76.4 Å². The van der Waals surface area contributed by atoms with Crippen molar-refractivity contribution in [2.24, 2.45) is 0 Å². The highest BCUT2D eigenvalue weighted by atomic mass is 35.5. The van der Waals surface area contributed by atoms with Crippen LogP contribution in [0.25, 0.3) is 0 Å². The van der Waals surface area contributed by atoms with Crippen molar-refractivity contribution >= 4 is 38.6 Å². The molecule has 0 radical (unpaired) electrons. The first-order valence-electron chi connectivity index (χ1n) is 13.0. The standard InChI is InChI=1S/C30H37ClN2O5S2/c1-6-38-28(34)21-30(24-10-8-7-9-11-24,33-39(35)29(3,4)5)20-27(23-14-16-25(31)17-15-23)32-40(36,37)26-18-12-22(2)13-19-26/h7-19,27,32-33H,6,20-21H2,1-5H3/t27-,30?,39-/m0/s1. The average Bonchev–Trinajstić information content (AvgIpc) is 2.89. The van der Waals surface area contributed by atoms with E-state index < -0.39 is 43.3 Å². The van der Waals surface area contributed by atoms with Gasteiger partial charge in [0.2, 0.25) is 10.0 Å². The van der Waals surface area contributed by atoms with Gasteiger partial charge in [0.25, 0.3) is 0 Å². The lowest BCUT2D eigenvalue weighted by atomic mass is 9.80. The van der Waals surface area contributed by atoms with Gasteiger partial charge in [0.1, 0.15) is 0 Å². The molecule has 0 fully saturated rings. The highest BCUT2D eigenvalue weighted by molar-refractivity contribution is 7.89. The summed E-state index contributed by atoms with van der Waals surface area (Å²) in [6.45, 7) is 9.25. The number of carbonyl (C=O) groups excluding carboxylic acids is 1. The predicted molar refractivity (Wildman–Crippen MR) is 161 cm³/mol. The second kappa shape index (κ2) is 13.4. The highest BCUT2D eigenvalue weighted by Gasteiger charge is 2.42. The number of hydrogen-bond donors (Lipinski definition) is 2. The number of esters is 1. The van der Waals surface area contributed by atoms with E-state index in [0.29, 0.717) is 16.1 Å². The lowest BCUT2D eigenvalue weighted by Gasteiger charge is -2.39. The molecule has 0 saturated heterocycles. The van der Waals surface area contributed by atoms with Gasteiger partial charge in [-0.1, -0.05) is 71.8 Å². The zero-order chi connectivity index (χ0) is 29.6. The van der Waals surface area contributed by atoms with Crippen LogP contribution in [-0.2, 0) is 36.1 Å². The Bertz CT molecular complexity index is 1410. The maximum absolute atomic E-state index is 13.6. The van der Waals surface area contributed by atoms with E-state index in [0.717, 1.165) is 5.56 Å². The van der Waals surface area contributed by atoms with Crippen LogP contribution in [0.5, 0.6) is 0 Å². The Labute approximate surface area is 245 Å². The zero-order valence-electron chi connectivity index (χ0n) is 23.4. The minimum absolute atomic E-state index is 0.0460. The lowest BCUT2D eigenvalue weighted by Crippen LogP contribution is -2.51. The van der Waals surface area contributed by atoms with E-state index in [2.05, 4.69) is 9.44 Å². The number of hydrogen-bond acceptors (Lipinski definition) is 5. The molecule has 0 bridgehead atoms. The summed E-state index contributed by atoms with van der Waals surface area (Å²) in [4.78, 5) is 13.2. The highest BCUT2D eigenvalue weighted by Crippen LogP contribution is 2.38. The topological polar surface area (TPSA) is 102 Å². The lowest BCUT2D eigenvalue weighted by molar-refractivity contribution is -0.145. The molecule has 40 heavy (non-hydrogen) atoms. The minimum Gasteiger partial charge on any atom is -0.466 e. The molecule has 3 atom stereocenters. The van der Waals surface area contributed by atoms with Gasteiger partial charge in [-0.2, -0.15) is 0 Å². The fraction of sp³-hybridized carbons (Fsp3) is 0.367. The zero-order valence-corrected chi connectivity index (χ0v) is 25.8. The molecule has 1 unspecified atom stereocenters. The van der Waals surface area contributed by atoms with E-state index >= 15 is 0 Å². The van der Waals surface area contributed by atoms with Crippen LogP contribution in [-0.4, -0.2) is 29.9 Å². The summed E-state index contributed by atoms with van der Waals surface area (Å²) in [6.07, 6.45) is -0.132. The van der Waals surface area contributed by atoms with Gasteiger partial charge in [-0.25, -0.2) is 22.1 Å². The maximum atomic E-state index is 13.6. The van der Waals surface area contributed by atoms with Gasteiger partial charge < -0.3 is 4.74 Å². The summed E-state index contributed by atoms with van der Waals surface area (Å²) in [5.74, 6) is -0.499. The van der Waals surface area contributed by atoms with Gasteiger partial charge in [0.05, 0.1) is 39.2 Å². The second-order valence-corrected chi connectivity index (χ2v) is 14.8. The molecular formula is C30H37ClN2O5S2. The van der Waals surface area contributed by atoms with E-state index in [1.54, 1.807) is 55.5 Å². The molecule has 10 heteroatoms. The van der Waals surface area contributed by atoms with Crippen molar-refractivity contribution in [1.82, 2.24) is 9.44 Å². The van der Waals surface area contributed by atoms with Crippen molar-refractivity contribution in [1.29, 1.82) is 0 Å². The van der Waals surface area contributed by atoms with E-state index in [9.17, 15) is 17.4 Å². The molecule has 2 N–H and O–H groups in total. The molecule has 3 rings (SSSR count). The molecule has 3 aromatic carbocycles. The normalized spacial score (nSPS) is 15.2. The smallest absolute Gasteiger partial charge is 0.308 e. The fourth-order valence-electron chi connectivity index (χ4n) is 4.22. The number of benzene rings is 3. The number of halogens is 1. The van der Waals surface area contributed by atoms with E-state index in [1.807, 2.05) is 58.0 Å². The summed E-state index contributed by atoms with van der Waals surface area (Å²) < 4.78 is 51.6. The van der Waals surface area contributed by atoms with Crippen LogP contribution >= 0.6 is 11.6 Å². The molecule has 0 spiro atoms.